The fraction of sp³-hybridized carbons (Fsp3) is 0.444. The number of anilines is 1. The van der Waals surface area contributed by atoms with Crippen LogP contribution in [0.25, 0.3) is 11.3 Å². The molecule has 1 spiro atoms. The monoisotopic (exact) mass is 803 g/mol. The van der Waals surface area contributed by atoms with E-state index in [-0.39, 0.29) is 31.6 Å². The molecule has 1 aliphatic carbocycles. The average molecular weight is 804 g/mol. The van der Waals surface area contributed by atoms with Gasteiger partial charge in [-0.15, -0.1) is 0 Å². The lowest BCUT2D eigenvalue weighted by Gasteiger charge is -2.54. The van der Waals surface area contributed by atoms with Gasteiger partial charge >= 0.3 is 12.4 Å². The number of amides is 2. The van der Waals surface area contributed by atoms with Gasteiger partial charge in [0.05, 0.1) is 48.8 Å². The van der Waals surface area contributed by atoms with Crippen LogP contribution in [0.2, 0.25) is 0 Å². The van der Waals surface area contributed by atoms with Crippen molar-refractivity contribution >= 4 is 17.5 Å². The van der Waals surface area contributed by atoms with E-state index in [0.717, 1.165) is 17.1 Å². The molecule has 56 heavy (non-hydrogen) atoms. The number of rotatable bonds is 15. The van der Waals surface area contributed by atoms with Gasteiger partial charge in [-0.1, -0.05) is 6.07 Å². The van der Waals surface area contributed by atoms with Gasteiger partial charge in [0.1, 0.15) is 29.5 Å². The summed E-state index contributed by atoms with van der Waals surface area (Å²) < 4.78 is 123. The number of benzene rings is 2. The highest BCUT2D eigenvalue weighted by Gasteiger charge is 2.55. The van der Waals surface area contributed by atoms with E-state index in [1.165, 1.54) is 18.1 Å². The molecule has 2 amide bonds. The maximum absolute atomic E-state index is 15.4. The molecule has 1 aliphatic heterocycles. The van der Waals surface area contributed by atoms with E-state index < -0.39 is 106 Å². The van der Waals surface area contributed by atoms with Gasteiger partial charge in [-0.2, -0.15) is 30.7 Å². The fourth-order valence-corrected chi connectivity index (χ4v) is 6.23. The smallest absolute Gasteiger partial charge is 0.433 e. The molecule has 0 bridgehead atoms. The molecule has 4 N–H and O–H groups in total. The lowest BCUT2D eigenvalue weighted by atomic mass is 9.72. The Morgan fingerprint density at radius 2 is 1.70 bits per heavy atom. The summed E-state index contributed by atoms with van der Waals surface area (Å²) in [7, 11) is 1.40. The molecule has 1 fully saturated rings. The van der Waals surface area contributed by atoms with Crippen LogP contribution in [-0.4, -0.2) is 92.2 Å². The first-order valence-electron chi connectivity index (χ1n) is 17.3. The highest BCUT2D eigenvalue weighted by Crippen LogP contribution is 2.47. The molecule has 0 radical (unpaired) electrons. The van der Waals surface area contributed by atoms with Crippen LogP contribution in [0.4, 0.5) is 40.8 Å². The van der Waals surface area contributed by atoms with Crippen LogP contribution in [0.1, 0.15) is 55.3 Å². The predicted octanol–water partition coefficient (Wildman–Crippen LogP) is 5.94. The van der Waals surface area contributed by atoms with Gasteiger partial charge in [0.15, 0.2) is 11.6 Å². The number of likely N-dealkylation sites (N-methyl/N-ethyl adjacent to an activating group) is 1. The average Bonchev–Trinajstić information content (AvgIpc) is 3.12. The number of alkyl halides is 6. The van der Waals surface area contributed by atoms with E-state index in [1.807, 2.05) is 0 Å². The Labute approximate surface area is 314 Å². The highest BCUT2D eigenvalue weighted by atomic mass is 19.4. The number of unbranched alkanes of at least 4 members (excludes halogenated alkanes) is 2. The number of aliphatic hydroxyl groups excluding tert-OH is 3. The van der Waals surface area contributed by atoms with E-state index in [1.54, 1.807) is 0 Å². The van der Waals surface area contributed by atoms with Crippen LogP contribution in [0.3, 0.4) is 0 Å². The standard InChI is InChI=1S/C36H37F8N5O7/c1-48-34(10-5-11-34)31(52)28(32(53)47-24-8-7-21(35(39,40)41)14-23(24)25-15-27(36(42,43)44)46-19-45-25)33(54)49(48)16-20-6-9-26(30(38)29(20)37)56-13-4-2-3-12-55-18-22(51)17-50/h6-9,14-15,19,22,50-52H,2-5,10-13,16-18H2,1H3,(H,47,53)/t22-/m1/s1. The van der Waals surface area contributed by atoms with Crippen LogP contribution < -0.4 is 10.1 Å². The second-order valence-corrected chi connectivity index (χ2v) is 13.2. The van der Waals surface area contributed by atoms with Gasteiger partial charge in [0, 0.05) is 24.8 Å². The number of halogens is 8. The molecule has 12 nitrogen and oxygen atoms in total. The Balaban J connectivity index is 1.36. The summed E-state index contributed by atoms with van der Waals surface area (Å²) in [6, 6.07) is 4.46. The summed E-state index contributed by atoms with van der Waals surface area (Å²) in [6.07, 6.45) is -7.88. The fourth-order valence-electron chi connectivity index (χ4n) is 6.23. The zero-order chi connectivity index (χ0) is 41.0. The number of carbonyl (C=O) groups excluding carboxylic acids is 2. The van der Waals surface area contributed by atoms with Crippen molar-refractivity contribution < 1.29 is 69.5 Å². The Morgan fingerprint density at radius 3 is 2.34 bits per heavy atom. The molecule has 1 atom stereocenters. The molecule has 1 saturated carbocycles. The summed E-state index contributed by atoms with van der Waals surface area (Å²) in [5.74, 6) is -6.33. The molecular weight excluding hydrogens is 766 g/mol. The molecule has 304 valence electrons. The van der Waals surface area contributed by atoms with Crippen molar-refractivity contribution in [1.82, 2.24) is 20.0 Å². The molecule has 3 aromatic rings. The number of hydrogen-bond donors (Lipinski definition) is 4. The Bertz CT molecular complexity index is 1960. The maximum atomic E-state index is 15.4. The quantitative estimate of drug-likeness (QED) is 0.0824. The second kappa shape index (κ2) is 17.1. The van der Waals surface area contributed by atoms with Crippen molar-refractivity contribution in [3.63, 3.8) is 0 Å². The number of carbonyl (C=O) groups is 2. The second-order valence-electron chi connectivity index (χ2n) is 13.2. The molecule has 0 unspecified atom stereocenters. The van der Waals surface area contributed by atoms with Crippen LogP contribution in [0, 0.1) is 11.6 Å². The van der Waals surface area contributed by atoms with E-state index >= 15 is 8.78 Å². The highest BCUT2D eigenvalue weighted by molar-refractivity contribution is 6.24. The third kappa shape index (κ3) is 9.03. The number of aromatic nitrogens is 2. The molecule has 20 heteroatoms. The number of nitrogens with zero attached hydrogens (tertiary/aromatic N) is 4. The summed E-state index contributed by atoms with van der Waals surface area (Å²) in [5.41, 5.74) is -7.08. The minimum Gasteiger partial charge on any atom is -0.509 e. The van der Waals surface area contributed by atoms with Crippen molar-refractivity contribution in [3.8, 4) is 17.0 Å². The van der Waals surface area contributed by atoms with E-state index in [0.29, 0.717) is 56.8 Å². The van der Waals surface area contributed by atoms with Gasteiger partial charge < -0.3 is 30.1 Å². The van der Waals surface area contributed by atoms with E-state index in [9.17, 15) is 46.1 Å². The Hall–Kier alpha value is -4.92. The van der Waals surface area contributed by atoms with Crippen LogP contribution in [-0.2, 0) is 33.2 Å². The van der Waals surface area contributed by atoms with Gasteiger partial charge in [-0.05, 0) is 68.9 Å². The van der Waals surface area contributed by atoms with Crippen molar-refractivity contribution in [1.29, 1.82) is 0 Å². The molecule has 2 aliphatic rings. The van der Waals surface area contributed by atoms with Crippen LogP contribution in [0.15, 0.2) is 54.1 Å². The topological polar surface area (TPSA) is 158 Å². The first-order chi connectivity index (χ1) is 26.4. The predicted molar refractivity (Wildman–Crippen MR) is 180 cm³/mol. The molecule has 1 aromatic heterocycles. The third-order valence-electron chi connectivity index (χ3n) is 9.50. The Kier molecular flexibility index (Phi) is 12.9. The van der Waals surface area contributed by atoms with Crippen molar-refractivity contribution in [2.75, 3.05) is 38.8 Å². The third-order valence-corrected chi connectivity index (χ3v) is 9.50. The first kappa shape index (κ1) is 42.2. The van der Waals surface area contributed by atoms with Crippen molar-refractivity contribution in [2.45, 2.75) is 69.1 Å². The normalized spacial score (nSPS) is 16.6. The number of nitrogens with one attached hydrogen (secondary N) is 1. The zero-order valence-corrected chi connectivity index (χ0v) is 29.7. The minimum absolute atomic E-state index is 0.0226. The minimum atomic E-state index is -5.00. The largest absolute Gasteiger partial charge is 0.509 e. The summed E-state index contributed by atoms with van der Waals surface area (Å²) in [6.45, 7) is -0.761. The molecule has 0 saturated heterocycles. The van der Waals surface area contributed by atoms with Crippen LogP contribution in [0.5, 0.6) is 5.75 Å². The molecular formula is C36H37F8N5O7. The number of hydrazine groups is 1. The SMILES string of the molecule is CN1N(Cc2ccc(OCCCCCOC[C@H](O)CO)c(F)c2F)C(=O)C(C(=O)Nc2ccc(C(F)(F)F)cc2-c2cc(C(F)(F)F)ncn2)=C(O)C12CCC2. The van der Waals surface area contributed by atoms with Gasteiger partial charge in [0.2, 0.25) is 5.82 Å². The summed E-state index contributed by atoms with van der Waals surface area (Å²) in [5, 5.41) is 33.8. The lowest BCUT2D eigenvalue weighted by molar-refractivity contribution is -0.172. The van der Waals surface area contributed by atoms with Gasteiger partial charge in [-0.25, -0.2) is 19.4 Å². The zero-order valence-electron chi connectivity index (χ0n) is 29.7. The lowest BCUT2D eigenvalue weighted by Crippen LogP contribution is -2.65. The van der Waals surface area contributed by atoms with E-state index in [4.69, 9.17) is 14.6 Å². The summed E-state index contributed by atoms with van der Waals surface area (Å²) in [4.78, 5) is 34.5. The van der Waals surface area contributed by atoms with Crippen molar-refractivity contribution in [3.05, 3.63) is 82.5 Å². The van der Waals surface area contributed by atoms with Crippen molar-refractivity contribution in [2.24, 2.45) is 0 Å². The number of hydrogen-bond acceptors (Lipinski definition) is 10. The first-order valence-corrected chi connectivity index (χ1v) is 17.3. The number of aliphatic hydroxyl groups is 3. The van der Waals surface area contributed by atoms with Gasteiger partial charge in [0.25, 0.3) is 11.8 Å². The van der Waals surface area contributed by atoms with Crippen LogP contribution >= 0.6 is 0 Å². The summed E-state index contributed by atoms with van der Waals surface area (Å²) >= 11 is 0. The Morgan fingerprint density at radius 1 is 0.982 bits per heavy atom. The van der Waals surface area contributed by atoms with Gasteiger partial charge in [-0.3, -0.25) is 14.6 Å². The molecule has 5 rings (SSSR count). The molecule has 2 heterocycles. The number of ether oxygens (including phenoxy) is 2. The molecule has 2 aromatic carbocycles. The van der Waals surface area contributed by atoms with E-state index in [2.05, 4.69) is 15.3 Å². The maximum Gasteiger partial charge on any atom is 0.433 e.